The van der Waals surface area contributed by atoms with E-state index in [-0.39, 0.29) is 12.3 Å². The molecule has 0 spiro atoms. The summed E-state index contributed by atoms with van der Waals surface area (Å²) in [6.45, 7) is -0.359. The van der Waals surface area contributed by atoms with Gasteiger partial charge in [0, 0.05) is 5.69 Å². The third-order valence-electron chi connectivity index (χ3n) is 3.12. The third kappa shape index (κ3) is 4.96. The van der Waals surface area contributed by atoms with E-state index < -0.39 is 29.0 Å². The number of carbonyl (C=O) groups is 3. The Balaban J connectivity index is 2.03. The first-order chi connectivity index (χ1) is 11.9. The van der Waals surface area contributed by atoms with Crippen molar-refractivity contribution in [2.45, 2.75) is 0 Å². The maximum atomic E-state index is 11.9. The molecule has 1 N–H and O–H groups in total. The highest BCUT2D eigenvalue weighted by Crippen LogP contribution is 2.17. The molecule has 0 unspecified atom stereocenters. The lowest BCUT2D eigenvalue weighted by Crippen LogP contribution is -2.27. The van der Waals surface area contributed by atoms with E-state index in [2.05, 4.69) is 5.32 Å². The number of carbonyl (C=O) groups excluding carboxylic acids is 3. The van der Waals surface area contributed by atoms with Gasteiger partial charge in [0.25, 0.3) is 5.91 Å². The van der Waals surface area contributed by atoms with Crippen LogP contribution in [-0.2, 0) is 4.79 Å². The van der Waals surface area contributed by atoms with Crippen molar-refractivity contribution in [3.05, 3.63) is 53.6 Å². The number of nitrogens with one attached hydrogen (secondary N) is 1. The predicted molar refractivity (Wildman–Crippen MR) is 82.2 cm³/mol. The van der Waals surface area contributed by atoms with Crippen molar-refractivity contribution in [3.63, 3.8) is 0 Å². The van der Waals surface area contributed by atoms with Gasteiger partial charge in [0.05, 0.1) is 19.0 Å². The lowest BCUT2D eigenvalue weighted by atomic mass is 10.1. The molecule has 1 amide bonds. The first-order valence-electron chi connectivity index (χ1n) is 7.03. The van der Waals surface area contributed by atoms with Crippen molar-refractivity contribution in [1.82, 2.24) is 0 Å². The van der Waals surface area contributed by atoms with Gasteiger partial charge in [-0.15, -0.1) is 0 Å². The third-order valence-corrected chi connectivity index (χ3v) is 3.12. The Labute approximate surface area is 142 Å². The number of carboxylic acids is 2. The molecule has 0 saturated heterocycles. The number of benzene rings is 2. The van der Waals surface area contributed by atoms with E-state index in [1.165, 1.54) is 7.11 Å². The maximum absolute atomic E-state index is 11.9. The van der Waals surface area contributed by atoms with Gasteiger partial charge >= 0.3 is 0 Å². The van der Waals surface area contributed by atoms with E-state index in [0.717, 1.165) is 18.2 Å². The molecule has 0 fully saturated rings. The van der Waals surface area contributed by atoms with Crippen LogP contribution in [0, 0.1) is 0 Å². The Hall–Kier alpha value is -3.55. The minimum absolute atomic E-state index is 0.0239. The second-order valence-corrected chi connectivity index (χ2v) is 4.89. The van der Waals surface area contributed by atoms with Gasteiger partial charge in [-0.2, -0.15) is 0 Å². The summed E-state index contributed by atoms with van der Waals surface area (Å²) < 4.78 is 10.3. The summed E-state index contributed by atoms with van der Waals surface area (Å²) in [5.41, 5.74) is -0.814. The molecule has 0 radical (unpaired) electrons. The highest BCUT2D eigenvalue weighted by atomic mass is 16.5. The Morgan fingerprint density at radius 2 is 1.44 bits per heavy atom. The second-order valence-electron chi connectivity index (χ2n) is 4.89. The molecular weight excluding hydrogens is 330 g/mol. The molecule has 2 rings (SSSR count). The number of hydrogen-bond donors (Lipinski definition) is 1. The van der Waals surface area contributed by atoms with Crippen molar-refractivity contribution in [3.8, 4) is 11.5 Å². The molecule has 0 bridgehead atoms. The average molecular weight is 343 g/mol. The maximum Gasteiger partial charge on any atom is 0.262 e. The normalized spacial score (nSPS) is 9.96. The largest absolute Gasteiger partial charge is 0.545 e. The smallest absolute Gasteiger partial charge is 0.262 e. The van der Waals surface area contributed by atoms with E-state index >= 15 is 0 Å². The summed E-state index contributed by atoms with van der Waals surface area (Å²) in [7, 11) is 1.52. The summed E-state index contributed by atoms with van der Waals surface area (Å²) in [5, 5.41) is 24.2. The van der Waals surface area contributed by atoms with Crippen LogP contribution in [0.25, 0.3) is 0 Å². The molecule has 130 valence electrons. The van der Waals surface area contributed by atoms with Crippen LogP contribution in [0.3, 0.4) is 0 Å². The highest BCUT2D eigenvalue weighted by molar-refractivity contribution is 5.97. The van der Waals surface area contributed by atoms with E-state index in [1.54, 1.807) is 24.3 Å². The number of amides is 1. The fourth-order valence-corrected chi connectivity index (χ4v) is 1.95. The van der Waals surface area contributed by atoms with Crippen molar-refractivity contribution in [1.29, 1.82) is 0 Å². The average Bonchev–Trinajstić information content (AvgIpc) is 2.60. The molecule has 0 aliphatic carbocycles. The number of anilines is 1. The molecular formula is C17H13NO7-2. The predicted octanol–water partition coefficient (Wildman–Crippen LogP) is -0.560. The van der Waals surface area contributed by atoms with E-state index in [4.69, 9.17) is 9.47 Å². The summed E-state index contributed by atoms with van der Waals surface area (Å²) in [6.07, 6.45) is 0. The molecule has 0 atom stereocenters. The van der Waals surface area contributed by atoms with Crippen LogP contribution in [0.15, 0.2) is 42.5 Å². The molecule has 0 saturated carbocycles. The summed E-state index contributed by atoms with van der Waals surface area (Å²) in [6, 6.07) is 9.56. The number of hydrogen-bond acceptors (Lipinski definition) is 7. The summed E-state index contributed by atoms with van der Waals surface area (Å²) >= 11 is 0. The van der Waals surface area contributed by atoms with Crippen LogP contribution in [0.4, 0.5) is 5.69 Å². The SMILES string of the molecule is COc1ccc(OCC(=O)Nc2cc(C(=O)[O-])cc(C(=O)[O-])c2)cc1. The van der Waals surface area contributed by atoms with Gasteiger partial charge in [-0.1, -0.05) is 0 Å². The topological polar surface area (TPSA) is 128 Å². The standard InChI is InChI=1S/C17H15NO7/c1-24-13-2-4-14(5-3-13)25-9-15(19)18-12-7-10(16(20)21)6-11(8-12)17(22)23/h2-8H,9H2,1H3,(H,18,19)(H,20,21)(H,22,23)/p-2. The Kier molecular flexibility index (Phi) is 5.57. The van der Waals surface area contributed by atoms with E-state index in [9.17, 15) is 24.6 Å². The van der Waals surface area contributed by atoms with Gasteiger partial charge in [0.15, 0.2) is 6.61 Å². The molecule has 8 nitrogen and oxygen atoms in total. The van der Waals surface area contributed by atoms with Gasteiger partial charge in [0.1, 0.15) is 11.5 Å². The lowest BCUT2D eigenvalue weighted by Gasteiger charge is -2.12. The summed E-state index contributed by atoms with van der Waals surface area (Å²) in [4.78, 5) is 33.7. The first-order valence-corrected chi connectivity index (χ1v) is 7.03. The van der Waals surface area contributed by atoms with Gasteiger partial charge in [-0.3, -0.25) is 4.79 Å². The van der Waals surface area contributed by atoms with Crippen LogP contribution in [0.2, 0.25) is 0 Å². The van der Waals surface area contributed by atoms with Gasteiger partial charge in [-0.05, 0) is 53.6 Å². The Morgan fingerprint density at radius 3 is 1.92 bits per heavy atom. The van der Waals surface area contributed by atoms with Gasteiger partial charge in [0.2, 0.25) is 0 Å². The molecule has 2 aromatic rings. The molecule has 0 aliphatic rings. The highest BCUT2D eigenvalue weighted by Gasteiger charge is 2.08. The fourth-order valence-electron chi connectivity index (χ4n) is 1.95. The van der Waals surface area contributed by atoms with Crippen LogP contribution in [-0.4, -0.2) is 31.6 Å². The molecule has 0 aliphatic heterocycles. The zero-order valence-electron chi connectivity index (χ0n) is 13.1. The minimum atomic E-state index is -1.58. The van der Waals surface area contributed by atoms with Gasteiger partial charge in [-0.25, -0.2) is 0 Å². The molecule has 8 heteroatoms. The zero-order valence-corrected chi connectivity index (χ0v) is 13.1. The lowest BCUT2D eigenvalue weighted by molar-refractivity contribution is -0.255. The van der Waals surface area contributed by atoms with Crippen molar-refractivity contribution < 1.29 is 34.1 Å². The number of methoxy groups -OCH3 is 1. The van der Waals surface area contributed by atoms with E-state index in [1.807, 2.05) is 0 Å². The zero-order chi connectivity index (χ0) is 18.4. The second kappa shape index (κ2) is 7.82. The molecule has 25 heavy (non-hydrogen) atoms. The van der Waals surface area contributed by atoms with Crippen molar-refractivity contribution >= 4 is 23.5 Å². The number of rotatable bonds is 7. The minimum Gasteiger partial charge on any atom is -0.545 e. The quantitative estimate of drug-likeness (QED) is 0.713. The Bertz CT molecular complexity index is 767. The van der Waals surface area contributed by atoms with Crippen molar-refractivity contribution in [2.75, 3.05) is 19.0 Å². The molecule has 0 heterocycles. The monoisotopic (exact) mass is 343 g/mol. The van der Waals surface area contributed by atoms with Crippen LogP contribution < -0.4 is 25.0 Å². The molecule has 2 aromatic carbocycles. The van der Waals surface area contributed by atoms with Gasteiger partial charge < -0.3 is 34.6 Å². The van der Waals surface area contributed by atoms with Crippen LogP contribution >= 0.6 is 0 Å². The first kappa shape index (κ1) is 17.8. The number of ether oxygens (including phenoxy) is 2. The van der Waals surface area contributed by atoms with Crippen molar-refractivity contribution in [2.24, 2.45) is 0 Å². The van der Waals surface area contributed by atoms with E-state index in [0.29, 0.717) is 11.5 Å². The number of carboxylic acid groups (broad SMARTS) is 2. The number of aromatic carboxylic acids is 2. The summed E-state index contributed by atoms with van der Waals surface area (Å²) in [5.74, 6) is -2.70. The molecule has 0 aromatic heterocycles. The fraction of sp³-hybridized carbons (Fsp3) is 0.118. The van der Waals surface area contributed by atoms with Crippen LogP contribution in [0.5, 0.6) is 11.5 Å². The van der Waals surface area contributed by atoms with Crippen LogP contribution in [0.1, 0.15) is 20.7 Å². The Morgan fingerprint density at radius 1 is 0.920 bits per heavy atom.